The molecule has 0 aliphatic rings. The number of rotatable bonds is 3. The van der Waals surface area contributed by atoms with Crippen LogP contribution >= 0.6 is 22.9 Å². The van der Waals surface area contributed by atoms with Gasteiger partial charge in [0.2, 0.25) is 0 Å². The Kier molecular flexibility index (Phi) is 4.18. The molecule has 0 radical (unpaired) electrons. The van der Waals surface area contributed by atoms with Crippen molar-refractivity contribution in [2.45, 2.75) is 6.92 Å². The van der Waals surface area contributed by atoms with E-state index in [-0.39, 0.29) is 5.91 Å². The van der Waals surface area contributed by atoms with E-state index in [0.717, 1.165) is 10.6 Å². The zero-order chi connectivity index (χ0) is 15.5. The van der Waals surface area contributed by atoms with Gasteiger partial charge in [-0.1, -0.05) is 23.7 Å². The first-order valence-corrected chi connectivity index (χ1v) is 7.77. The van der Waals surface area contributed by atoms with Gasteiger partial charge in [-0.2, -0.15) is 0 Å². The summed E-state index contributed by atoms with van der Waals surface area (Å²) in [5.74, 6) is -0.178. The van der Waals surface area contributed by atoms with Gasteiger partial charge in [-0.3, -0.25) is 9.78 Å². The second-order valence-electron chi connectivity index (χ2n) is 4.64. The molecule has 6 heteroatoms. The maximum Gasteiger partial charge on any atom is 0.267 e. The van der Waals surface area contributed by atoms with Crippen molar-refractivity contribution < 1.29 is 4.79 Å². The van der Waals surface area contributed by atoms with Crippen LogP contribution in [0.5, 0.6) is 0 Å². The topological polar surface area (TPSA) is 54.9 Å². The van der Waals surface area contributed by atoms with E-state index in [2.05, 4.69) is 15.3 Å². The lowest BCUT2D eigenvalue weighted by Crippen LogP contribution is -2.11. The summed E-state index contributed by atoms with van der Waals surface area (Å²) in [7, 11) is 0. The fourth-order valence-electron chi connectivity index (χ4n) is 1.95. The van der Waals surface area contributed by atoms with Crippen molar-refractivity contribution in [2.75, 3.05) is 5.32 Å². The average Bonchev–Trinajstić information content (AvgIpc) is 2.91. The molecule has 3 aromatic rings. The van der Waals surface area contributed by atoms with Gasteiger partial charge in [-0.25, -0.2) is 4.98 Å². The second-order valence-corrected chi connectivity index (χ2v) is 6.07. The number of carbonyl (C=O) groups is 1. The summed E-state index contributed by atoms with van der Waals surface area (Å²) in [4.78, 5) is 21.4. The van der Waals surface area contributed by atoms with Gasteiger partial charge in [0.1, 0.15) is 9.88 Å². The Morgan fingerprint density at radius 2 is 2.00 bits per heavy atom. The summed E-state index contributed by atoms with van der Waals surface area (Å²) >= 11 is 7.25. The first-order chi connectivity index (χ1) is 10.6. The molecule has 1 amide bonds. The Balaban J connectivity index is 1.86. The minimum atomic E-state index is -0.178. The highest BCUT2D eigenvalue weighted by Crippen LogP contribution is 2.29. The van der Waals surface area contributed by atoms with Crippen LogP contribution in [0.15, 0.2) is 48.8 Å². The van der Waals surface area contributed by atoms with Crippen molar-refractivity contribution in [1.82, 2.24) is 9.97 Å². The first kappa shape index (κ1) is 14.7. The summed E-state index contributed by atoms with van der Waals surface area (Å²) in [6.07, 6.45) is 3.26. The summed E-state index contributed by atoms with van der Waals surface area (Å²) in [5.41, 5.74) is 2.31. The van der Waals surface area contributed by atoms with E-state index in [0.29, 0.717) is 21.3 Å². The average molecular weight is 330 g/mol. The molecule has 0 atom stereocenters. The predicted molar refractivity (Wildman–Crippen MR) is 89.5 cm³/mol. The van der Waals surface area contributed by atoms with E-state index >= 15 is 0 Å². The fourth-order valence-corrected chi connectivity index (χ4v) is 3.04. The molecule has 2 heterocycles. The van der Waals surface area contributed by atoms with Crippen molar-refractivity contribution in [3.8, 4) is 10.6 Å². The van der Waals surface area contributed by atoms with Crippen LogP contribution in [0.1, 0.15) is 15.4 Å². The molecule has 0 spiro atoms. The number of carbonyl (C=O) groups excluding carboxylic acids is 1. The number of pyridine rings is 1. The van der Waals surface area contributed by atoms with Crippen molar-refractivity contribution in [3.63, 3.8) is 0 Å². The Hall–Kier alpha value is -2.24. The lowest BCUT2D eigenvalue weighted by molar-refractivity contribution is 0.103. The normalized spacial score (nSPS) is 10.5. The van der Waals surface area contributed by atoms with Crippen LogP contribution in [0, 0.1) is 6.92 Å². The summed E-state index contributed by atoms with van der Waals surface area (Å²) < 4.78 is 0. The number of hydrogen-bond donors (Lipinski definition) is 1. The first-order valence-electron chi connectivity index (χ1n) is 6.58. The Morgan fingerprint density at radius 3 is 2.68 bits per heavy atom. The number of nitrogens with one attached hydrogen (secondary N) is 1. The quantitative estimate of drug-likeness (QED) is 0.774. The second kappa shape index (κ2) is 6.25. The summed E-state index contributed by atoms with van der Waals surface area (Å²) in [6.45, 7) is 1.83. The molecule has 110 valence electrons. The van der Waals surface area contributed by atoms with Gasteiger partial charge in [-0.05, 0) is 31.2 Å². The van der Waals surface area contributed by atoms with E-state index in [1.165, 1.54) is 11.3 Å². The number of anilines is 1. The van der Waals surface area contributed by atoms with Gasteiger partial charge < -0.3 is 5.32 Å². The van der Waals surface area contributed by atoms with Gasteiger partial charge in [0, 0.05) is 16.8 Å². The van der Waals surface area contributed by atoms with Crippen LogP contribution in [0.4, 0.5) is 5.69 Å². The number of aryl methyl sites for hydroxylation is 1. The fraction of sp³-hybridized carbons (Fsp3) is 0.0625. The third-order valence-corrected chi connectivity index (χ3v) is 4.47. The smallest absolute Gasteiger partial charge is 0.267 e. The lowest BCUT2D eigenvalue weighted by Gasteiger charge is -2.02. The molecule has 22 heavy (non-hydrogen) atoms. The maximum atomic E-state index is 12.3. The minimum absolute atomic E-state index is 0.178. The van der Waals surface area contributed by atoms with Gasteiger partial charge in [-0.15, -0.1) is 11.3 Å². The summed E-state index contributed by atoms with van der Waals surface area (Å²) in [6, 6.07) is 11.0. The van der Waals surface area contributed by atoms with Crippen LogP contribution in [-0.2, 0) is 0 Å². The van der Waals surface area contributed by atoms with E-state index in [1.54, 1.807) is 24.5 Å². The standard InChI is InChI=1S/C16H12ClN3OS/c1-10-14(15(21)20-13-3-2-8-18-9-13)22-16(19-10)11-4-6-12(17)7-5-11/h2-9H,1H3,(H,20,21). The lowest BCUT2D eigenvalue weighted by atomic mass is 10.2. The SMILES string of the molecule is Cc1nc(-c2ccc(Cl)cc2)sc1C(=O)Nc1cccnc1. The van der Waals surface area contributed by atoms with Crippen molar-refractivity contribution in [3.05, 3.63) is 64.4 Å². The highest BCUT2D eigenvalue weighted by Gasteiger charge is 2.16. The molecule has 1 N–H and O–H groups in total. The largest absolute Gasteiger partial charge is 0.320 e. The van der Waals surface area contributed by atoms with Crippen LogP contribution in [0.25, 0.3) is 10.6 Å². The monoisotopic (exact) mass is 329 g/mol. The minimum Gasteiger partial charge on any atom is -0.320 e. The Labute approximate surface area is 136 Å². The van der Waals surface area contributed by atoms with E-state index in [1.807, 2.05) is 31.2 Å². The highest BCUT2D eigenvalue weighted by molar-refractivity contribution is 7.17. The Morgan fingerprint density at radius 1 is 1.23 bits per heavy atom. The third kappa shape index (κ3) is 3.16. The molecule has 0 aliphatic carbocycles. The molecule has 0 unspecified atom stereocenters. The van der Waals surface area contributed by atoms with Gasteiger partial charge in [0.15, 0.2) is 0 Å². The van der Waals surface area contributed by atoms with E-state index < -0.39 is 0 Å². The third-order valence-electron chi connectivity index (χ3n) is 3.01. The molecule has 0 bridgehead atoms. The molecule has 3 rings (SSSR count). The molecule has 2 aromatic heterocycles. The molecule has 1 aromatic carbocycles. The highest BCUT2D eigenvalue weighted by atomic mass is 35.5. The van der Waals surface area contributed by atoms with Gasteiger partial charge in [0.25, 0.3) is 5.91 Å². The number of nitrogens with zero attached hydrogens (tertiary/aromatic N) is 2. The maximum absolute atomic E-state index is 12.3. The van der Waals surface area contributed by atoms with Gasteiger partial charge >= 0.3 is 0 Å². The zero-order valence-electron chi connectivity index (χ0n) is 11.7. The molecule has 0 saturated carbocycles. The summed E-state index contributed by atoms with van der Waals surface area (Å²) in [5, 5.41) is 4.29. The number of aromatic nitrogens is 2. The number of benzene rings is 1. The molecular weight excluding hydrogens is 318 g/mol. The van der Waals surface area contributed by atoms with Crippen molar-refractivity contribution in [2.24, 2.45) is 0 Å². The van der Waals surface area contributed by atoms with Crippen LogP contribution in [0.2, 0.25) is 5.02 Å². The van der Waals surface area contributed by atoms with E-state index in [4.69, 9.17) is 11.6 Å². The Bertz CT molecular complexity index is 800. The van der Waals surface area contributed by atoms with Gasteiger partial charge in [0.05, 0.1) is 17.6 Å². The number of halogens is 1. The molecular formula is C16H12ClN3OS. The molecule has 0 fully saturated rings. The number of amides is 1. The van der Waals surface area contributed by atoms with Crippen LogP contribution < -0.4 is 5.32 Å². The van der Waals surface area contributed by atoms with Crippen LogP contribution in [0.3, 0.4) is 0 Å². The van der Waals surface area contributed by atoms with Crippen molar-refractivity contribution >= 4 is 34.5 Å². The molecule has 0 saturated heterocycles. The zero-order valence-corrected chi connectivity index (χ0v) is 13.3. The van der Waals surface area contributed by atoms with Crippen molar-refractivity contribution in [1.29, 1.82) is 0 Å². The predicted octanol–water partition coefficient (Wildman–Crippen LogP) is 4.42. The molecule has 4 nitrogen and oxygen atoms in total. The van der Waals surface area contributed by atoms with E-state index in [9.17, 15) is 4.79 Å². The molecule has 0 aliphatic heterocycles. The number of thiazole rings is 1. The van der Waals surface area contributed by atoms with Crippen LogP contribution in [-0.4, -0.2) is 15.9 Å². The number of hydrogen-bond acceptors (Lipinski definition) is 4.